The van der Waals surface area contributed by atoms with Gasteiger partial charge in [-0.25, -0.2) is 8.42 Å². The summed E-state index contributed by atoms with van der Waals surface area (Å²) in [7, 11) is -0.866. The molecule has 0 radical (unpaired) electrons. The molecule has 102 valence electrons. The van der Waals surface area contributed by atoms with E-state index in [1.807, 2.05) is 17.8 Å². The summed E-state index contributed by atoms with van der Waals surface area (Å²) < 4.78 is 24.9. The van der Waals surface area contributed by atoms with E-state index in [1.54, 1.807) is 6.20 Å². The topological polar surface area (TPSA) is 64.0 Å². The smallest absolute Gasteiger partial charge is 0.150 e. The minimum absolute atomic E-state index is 0.186. The summed E-state index contributed by atoms with van der Waals surface area (Å²) in [6, 6.07) is 2.19. The molecule has 2 heterocycles. The Hall–Kier alpha value is -0.880. The Morgan fingerprint density at radius 1 is 1.61 bits per heavy atom. The van der Waals surface area contributed by atoms with Crippen LogP contribution in [0.25, 0.3) is 0 Å². The van der Waals surface area contributed by atoms with Gasteiger partial charge in [-0.3, -0.25) is 4.68 Å². The van der Waals surface area contributed by atoms with Crippen molar-refractivity contribution in [2.75, 3.05) is 18.6 Å². The molecule has 0 aliphatic carbocycles. The monoisotopic (exact) mass is 271 g/mol. The molecule has 6 heteroatoms. The summed E-state index contributed by atoms with van der Waals surface area (Å²) >= 11 is 0. The van der Waals surface area contributed by atoms with E-state index < -0.39 is 9.84 Å². The van der Waals surface area contributed by atoms with Gasteiger partial charge in [0, 0.05) is 18.8 Å². The van der Waals surface area contributed by atoms with Crippen molar-refractivity contribution < 1.29 is 8.42 Å². The molecule has 1 saturated heterocycles. The van der Waals surface area contributed by atoms with Crippen LogP contribution < -0.4 is 5.32 Å². The highest BCUT2D eigenvalue weighted by molar-refractivity contribution is 7.91. The Labute approximate surface area is 108 Å². The Morgan fingerprint density at radius 3 is 2.94 bits per heavy atom. The van der Waals surface area contributed by atoms with Crippen molar-refractivity contribution in [3.63, 3.8) is 0 Å². The zero-order valence-electron chi connectivity index (χ0n) is 11.0. The van der Waals surface area contributed by atoms with Crippen LogP contribution in [-0.2, 0) is 16.4 Å². The first-order valence-electron chi connectivity index (χ1n) is 6.45. The van der Waals surface area contributed by atoms with Gasteiger partial charge in [-0.1, -0.05) is 0 Å². The summed E-state index contributed by atoms with van der Waals surface area (Å²) in [6.45, 7) is 2.90. The number of sulfone groups is 1. The van der Waals surface area contributed by atoms with Gasteiger partial charge < -0.3 is 5.32 Å². The molecular weight excluding hydrogens is 250 g/mol. The van der Waals surface area contributed by atoms with Crippen LogP contribution in [0.3, 0.4) is 0 Å². The van der Waals surface area contributed by atoms with Crippen LogP contribution in [0.4, 0.5) is 0 Å². The molecule has 0 bridgehead atoms. The number of rotatable bonds is 5. The molecule has 0 saturated carbocycles. The van der Waals surface area contributed by atoms with Gasteiger partial charge in [-0.15, -0.1) is 0 Å². The predicted molar refractivity (Wildman–Crippen MR) is 71.1 cm³/mol. The second-order valence-corrected chi connectivity index (χ2v) is 7.15. The van der Waals surface area contributed by atoms with E-state index in [1.165, 1.54) is 0 Å². The van der Waals surface area contributed by atoms with Gasteiger partial charge >= 0.3 is 0 Å². The molecule has 1 aromatic rings. The zero-order chi connectivity index (χ0) is 13.2. The highest BCUT2D eigenvalue weighted by Gasteiger charge is 2.30. The number of hydrogen-bond acceptors (Lipinski definition) is 4. The quantitative estimate of drug-likeness (QED) is 0.867. The first kappa shape index (κ1) is 13.5. The van der Waals surface area contributed by atoms with E-state index in [-0.39, 0.29) is 12.0 Å². The molecule has 0 aromatic carbocycles. The molecule has 2 rings (SSSR count). The number of aryl methyl sites for hydroxylation is 1. The third kappa shape index (κ3) is 2.92. The summed E-state index contributed by atoms with van der Waals surface area (Å²) in [5, 5.41) is 7.54. The second kappa shape index (κ2) is 5.40. The van der Waals surface area contributed by atoms with Crippen molar-refractivity contribution in [2.24, 2.45) is 5.92 Å². The second-order valence-electron chi connectivity index (χ2n) is 4.92. The fourth-order valence-corrected chi connectivity index (χ4v) is 4.56. The molecule has 0 spiro atoms. The first-order valence-corrected chi connectivity index (χ1v) is 8.27. The van der Waals surface area contributed by atoms with Gasteiger partial charge in [0.2, 0.25) is 0 Å². The molecular formula is C12H21N3O2S. The van der Waals surface area contributed by atoms with Crippen LogP contribution >= 0.6 is 0 Å². The number of nitrogens with one attached hydrogen (secondary N) is 1. The van der Waals surface area contributed by atoms with Crippen LogP contribution in [-0.4, -0.2) is 36.8 Å². The average Bonchev–Trinajstić information content (AvgIpc) is 2.92. The van der Waals surface area contributed by atoms with Crippen molar-refractivity contribution in [3.05, 3.63) is 18.0 Å². The molecule has 1 aromatic heterocycles. The molecule has 18 heavy (non-hydrogen) atoms. The normalized spacial score (nSPS) is 24.2. The summed E-state index contributed by atoms with van der Waals surface area (Å²) in [6.07, 6.45) is 3.46. The highest BCUT2D eigenvalue weighted by Crippen LogP contribution is 2.28. The van der Waals surface area contributed by atoms with E-state index in [2.05, 4.69) is 17.3 Å². The average molecular weight is 271 g/mol. The first-order chi connectivity index (χ1) is 8.55. The lowest BCUT2D eigenvalue weighted by Gasteiger charge is -2.20. The highest BCUT2D eigenvalue weighted by atomic mass is 32.2. The Kier molecular flexibility index (Phi) is 4.07. The summed E-state index contributed by atoms with van der Waals surface area (Å²) in [5.41, 5.74) is 1.14. The molecule has 0 amide bonds. The number of hydrogen-bond donors (Lipinski definition) is 1. The van der Waals surface area contributed by atoms with Crippen LogP contribution in [0.5, 0.6) is 0 Å². The van der Waals surface area contributed by atoms with Gasteiger partial charge in [-0.05, 0) is 38.8 Å². The van der Waals surface area contributed by atoms with Crippen LogP contribution in [0, 0.1) is 5.92 Å². The number of nitrogens with zero attached hydrogens (tertiary/aromatic N) is 2. The maximum absolute atomic E-state index is 11.5. The molecule has 1 fully saturated rings. The van der Waals surface area contributed by atoms with Gasteiger partial charge in [-0.2, -0.15) is 5.10 Å². The lowest BCUT2D eigenvalue weighted by Crippen LogP contribution is -2.23. The molecule has 5 nitrogen and oxygen atoms in total. The third-order valence-corrected chi connectivity index (χ3v) is 5.49. The third-order valence-electron chi connectivity index (χ3n) is 3.65. The lowest BCUT2D eigenvalue weighted by atomic mass is 9.97. The Bertz CT molecular complexity index is 495. The van der Waals surface area contributed by atoms with Crippen molar-refractivity contribution in [3.8, 4) is 0 Å². The standard InChI is InChI=1S/C12H21N3O2S/c1-3-15-12(4-6-14-15)11(13-2)8-10-5-7-18(16,17)9-10/h4,6,10-11,13H,3,5,7-9H2,1-2H3. The van der Waals surface area contributed by atoms with E-state index in [0.717, 1.165) is 25.1 Å². The largest absolute Gasteiger partial charge is 0.312 e. The number of aromatic nitrogens is 2. The van der Waals surface area contributed by atoms with E-state index >= 15 is 0 Å². The zero-order valence-corrected chi connectivity index (χ0v) is 11.8. The summed E-state index contributed by atoms with van der Waals surface area (Å²) in [5.74, 6) is 0.958. The molecule has 2 atom stereocenters. The van der Waals surface area contributed by atoms with Gasteiger partial charge in [0.1, 0.15) is 0 Å². The molecule has 1 aliphatic heterocycles. The molecule has 1 N–H and O–H groups in total. The van der Waals surface area contributed by atoms with Gasteiger partial charge in [0.25, 0.3) is 0 Å². The van der Waals surface area contributed by atoms with E-state index in [0.29, 0.717) is 11.5 Å². The van der Waals surface area contributed by atoms with Crippen molar-refractivity contribution in [1.29, 1.82) is 0 Å². The molecule has 2 unspecified atom stereocenters. The Morgan fingerprint density at radius 2 is 2.39 bits per heavy atom. The SMILES string of the molecule is CCn1nccc1C(CC1CCS(=O)(=O)C1)NC. The maximum Gasteiger partial charge on any atom is 0.150 e. The fourth-order valence-electron chi connectivity index (χ4n) is 2.68. The van der Waals surface area contributed by atoms with E-state index in [9.17, 15) is 8.42 Å². The Balaban J connectivity index is 2.06. The predicted octanol–water partition coefficient (Wildman–Crippen LogP) is 0.988. The lowest BCUT2D eigenvalue weighted by molar-refractivity contribution is 0.412. The van der Waals surface area contributed by atoms with E-state index in [4.69, 9.17) is 0 Å². The van der Waals surface area contributed by atoms with Crippen molar-refractivity contribution in [1.82, 2.24) is 15.1 Å². The minimum atomic E-state index is -2.78. The minimum Gasteiger partial charge on any atom is -0.312 e. The molecule has 1 aliphatic rings. The maximum atomic E-state index is 11.5. The van der Waals surface area contributed by atoms with Crippen LogP contribution in [0.2, 0.25) is 0 Å². The van der Waals surface area contributed by atoms with Crippen LogP contribution in [0.1, 0.15) is 31.5 Å². The fraction of sp³-hybridized carbons (Fsp3) is 0.750. The van der Waals surface area contributed by atoms with Crippen LogP contribution in [0.15, 0.2) is 12.3 Å². The van der Waals surface area contributed by atoms with Crippen molar-refractivity contribution in [2.45, 2.75) is 32.4 Å². The van der Waals surface area contributed by atoms with Gasteiger partial charge in [0.15, 0.2) is 9.84 Å². The van der Waals surface area contributed by atoms with Crippen molar-refractivity contribution >= 4 is 9.84 Å². The summed E-state index contributed by atoms with van der Waals surface area (Å²) in [4.78, 5) is 0. The van der Waals surface area contributed by atoms with Gasteiger partial charge in [0.05, 0.1) is 17.2 Å².